The average Bonchev–Trinajstić information content (AvgIpc) is 3.22. The lowest BCUT2D eigenvalue weighted by Crippen LogP contribution is -2.45. The van der Waals surface area contributed by atoms with Gasteiger partial charge in [-0.3, -0.25) is 9.69 Å². The van der Waals surface area contributed by atoms with Crippen LogP contribution in [-0.4, -0.2) is 61.3 Å². The van der Waals surface area contributed by atoms with Crippen molar-refractivity contribution in [2.24, 2.45) is 11.8 Å². The van der Waals surface area contributed by atoms with Crippen LogP contribution in [0.1, 0.15) is 38.1 Å². The summed E-state index contributed by atoms with van der Waals surface area (Å²) in [6.45, 7) is 10.8. The quantitative estimate of drug-likeness (QED) is 0.659. The van der Waals surface area contributed by atoms with Crippen molar-refractivity contribution < 1.29 is 9.32 Å². The van der Waals surface area contributed by atoms with Crippen molar-refractivity contribution in [3.8, 4) is 0 Å². The Labute approximate surface area is 191 Å². The number of carbonyl (C=O) groups is 1. The topological polar surface area (TPSA) is 73.6 Å². The van der Waals surface area contributed by atoms with Crippen molar-refractivity contribution in [2.75, 3.05) is 44.2 Å². The third-order valence-electron chi connectivity index (χ3n) is 6.61. The van der Waals surface area contributed by atoms with Crippen LogP contribution >= 0.6 is 0 Å². The number of para-hydroxylation sites is 1. The lowest BCUT2D eigenvalue weighted by atomic mass is 9.81. The van der Waals surface area contributed by atoms with Gasteiger partial charge in [-0.15, -0.1) is 0 Å². The molecule has 2 aromatic rings. The molecule has 0 bridgehead atoms. The largest absolute Gasteiger partial charge is 0.369 e. The Bertz CT molecular complexity index is 845. The number of carbonyl (C=O) groups excluding carboxylic acids is 1. The van der Waals surface area contributed by atoms with Gasteiger partial charge >= 0.3 is 0 Å². The minimum atomic E-state index is 0.160. The van der Waals surface area contributed by atoms with E-state index in [-0.39, 0.29) is 11.9 Å². The first-order chi connectivity index (χ1) is 15.6. The van der Waals surface area contributed by atoms with E-state index in [9.17, 15) is 4.79 Å². The van der Waals surface area contributed by atoms with Crippen LogP contribution in [0.2, 0.25) is 0 Å². The molecule has 1 amide bonds. The first kappa shape index (κ1) is 22.8. The van der Waals surface area contributed by atoms with E-state index in [4.69, 9.17) is 4.52 Å². The van der Waals surface area contributed by atoms with E-state index in [0.717, 1.165) is 70.1 Å². The molecule has 0 radical (unpaired) electrons. The Balaban J connectivity index is 1.26. The molecule has 32 heavy (non-hydrogen) atoms. The molecule has 2 aliphatic rings. The summed E-state index contributed by atoms with van der Waals surface area (Å²) in [4.78, 5) is 17.2. The van der Waals surface area contributed by atoms with E-state index < -0.39 is 0 Å². The van der Waals surface area contributed by atoms with Gasteiger partial charge in [0.1, 0.15) is 0 Å². The van der Waals surface area contributed by atoms with Gasteiger partial charge < -0.3 is 20.1 Å². The van der Waals surface area contributed by atoms with Crippen molar-refractivity contribution in [3.05, 3.63) is 47.9 Å². The zero-order valence-corrected chi connectivity index (χ0v) is 19.4. The van der Waals surface area contributed by atoms with Crippen LogP contribution < -0.4 is 15.5 Å². The molecule has 2 N–H and O–H groups in total. The molecule has 2 atom stereocenters. The third kappa shape index (κ3) is 6.33. The number of nitrogens with zero attached hydrogens (tertiary/aromatic N) is 3. The predicted octanol–water partition coefficient (Wildman–Crippen LogP) is 2.68. The highest BCUT2D eigenvalue weighted by atomic mass is 16.5. The van der Waals surface area contributed by atoms with Crippen LogP contribution in [0, 0.1) is 11.8 Å². The van der Waals surface area contributed by atoms with E-state index in [2.05, 4.69) is 62.0 Å². The standard InChI is InChI=1S/C25H37N5O2/c1-19(2)27-25(31)15-20-8-9-26-17-21(20)14-22-16-24(32-28-22)18-29-10-12-30(13-11-29)23-6-4-3-5-7-23/h3-7,16,19-21,26H,8-15,17-18H2,1-2H3,(H,27,31)/t20-,21+/m1/s1. The molecule has 2 saturated heterocycles. The molecule has 4 rings (SSSR count). The second kappa shape index (κ2) is 11.0. The summed E-state index contributed by atoms with van der Waals surface area (Å²) in [6.07, 6.45) is 2.49. The number of rotatable bonds is 8. The minimum absolute atomic E-state index is 0.160. The predicted molar refractivity (Wildman–Crippen MR) is 127 cm³/mol. The van der Waals surface area contributed by atoms with Crippen LogP contribution in [0.3, 0.4) is 0 Å². The van der Waals surface area contributed by atoms with Crippen LogP contribution in [-0.2, 0) is 17.8 Å². The number of hydrogen-bond acceptors (Lipinski definition) is 6. The van der Waals surface area contributed by atoms with E-state index in [1.807, 2.05) is 13.8 Å². The van der Waals surface area contributed by atoms with Gasteiger partial charge in [0.2, 0.25) is 5.91 Å². The Hall–Kier alpha value is -2.38. The van der Waals surface area contributed by atoms with E-state index >= 15 is 0 Å². The minimum Gasteiger partial charge on any atom is -0.369 e. The fourth-order valence-corrected chi connectivity index (χ4v) is 4.92. The maximum Gasteiger partial charge on any atom is 0.220 e. The van der Waals surface area contributed by atoms with E-state index in [1.54, 1.807) is 0 Å². The van der Waals surface area contributed by atoms with Gasteiger partial charge in [-0.05, 0) is 63.7 Å². The molecule has 174 valence electrons. The van der Waals surface area contributed by atoms with Crippen molar-refractivity contribution in [3.63, 3.8) is 0 Å². The monoisotopic (exact) mass is 439 g/mol. The average molecular weight is 440 g/mol. The molecule has 7 heteroatoms. The molecule has 2 fully saturated rings. The molecular formula is C25H37N5O2. The Morgan fingerprint density at radius 2 is 1.97 bits per heavy atom. The Morgan fingerprint density at radius 1 is 1.19 bits per heavy atom. The molecule has 7 nitrogen and oxygen atoms in total. The highest BCUT2D eigenvalue weighted by molar-refractivity contribution is 5.76. The van der Waals surface area contributed by atoms with Crippen molar-refractivity contribution in [2.45, 2.75) is 45.7 Å². The molecule has 0 spiro atoms. The summed E-state index contributed by atoms with van der Waals surface area (Å²) in [5, 5.41) is 10.9. The highest BCUT2D eigenvalue weighted by Crippen LogP contribution is 2.26. The number of hydrogen-bond donors (Lipinski definition) is 2. The zero-order valence-electron chi connectivity index (χ0n) is 19.4. The Morgan fingerprint density at radius 3 is 2.72 bits per heavy atom. The fraction of sp³-hybridized carbons (Fsp3) is 0.600. The molecule has 2 aliphatic heterocycles. The number of aromatic nitrogens is 1. The van der Waals surface area contributed by atoms with Gasteiger partial charge in [-0.25, -0.2) is 0 Å². The summed E-state index contributed by atoms with van der Waals surface area (Å²) < 4.78 is 5.68. The number of anilines is 1. The zero-order chi connectivity index (χ0) is 22.3. The van der Waals surface area contributed by atoms with Gasteiger partial charge in [0, 0.05) is 50.4 Å². The van der Waals surface area contributed by atoms with Crippen LogP contribution in [0.15, 0.2) is 40.9 Å². The van der Waals surface area contributed by atoms with Crippen molar-refractivity contribution >= 4 is 11.6 Å². The van der Waals surface area contributed by atoms with Gasteiger partial charge in [-0.1, -0.05) is 23.4 Å². The van der Waals surface area contributed by atoms with Gasteiger partial charge in [0.05, 0.1) is 12.2 Å². The SMILES string of the molecule is CC(C)NC(=O)C[C@H]1CCNC[C@@H]1Cc1cc(CN2CCN(c3ccccc3)CC2)on1. The molecule has 0 aliphatic carbocycles. The number of piperazine rings is 1. The molecule has 3 heterocycles. The maximum atomic E-state index is 12.3. The number of piperidine rings is 1. The number of nitrogens with one attached hydrogen (secondary N) is 2. The number of amides is 1. The third-order valence-corrected chi connectivity index (χ3v) is 6.61. The van der Waals surface area contributed by atoms with Crippen LogP contribution in [0.4, 0.5) is 5.69 Å². The second-order valence-electron chi connectivity index (χ2n) is 9.53. The first-order valence-electron chi connectivity index (χ1n) is 12.0. The summed E-state index contributed by atoms with van der Waals surface area (Å²) in [7, 11) is 0. The second-order valence-corrected chi connectivity index (χ2v) is 9.53. The van der Waals surface area contributed by atoms with Crippen LogP contribution in [0.25, 0.3) is 0 Å². The summed E-state index contributed by atoms with van der Waals surface area (Å²) in [6, 6.07) is 12.9. The highest BCUT2D eigenvalue weighted by Gasteiger charge is 2.28. The molecule has 0 unspecified atom stereocenters. The maximum absolute atomic E-state index is 12.3. The molecular weight excluding hydrogens is 402 g/mol. The fourth-order valence-electron chi connectivity index (χ4n) is 4.92. The Kier molecular flexibility index (Phi) is 7.81. The van der Waals surface area contributed by atoms with Gasteiger partial charge in [0.15, 0.2) is 5.76 Å². The van der Waals surface area contributed by atoms with E-state index in [1.165, 1.54) is 5.69 Å². The molecule has 1 aromatic heterocycles. The summed E-state index contributed by atoms with van der Waals surface area (Å²) in [5.41, 5.74) is 2.30. The van der Waals surface area contributed by atoms with Crippen molar-refractivity contribution in [1.29, 1.82) is 0 Å². The molecule has 1 aromatic carbocycles. The van der Waals surface area contributed by atoms with Gasteiger partial charge in [0.25, 0.3) is 0 Å². The summed E-state index contributed by atoms with van der Waals surface area (Å²) in [5.74, 6) is 1.90. The lowest BCUT2D eigenvalue weighted by molar-refractivity contribution is -0.123. The van der Waals surface area contributed by atoms with Crippen LogP contribution in [0.5, 0.6) is 0 Å². The summed E-state index contributed by atoms with van der Waals surface area (Å²) >= 11 is 0. The number of benzene rings is 1. The van der Waals surface area contributed by atoms with Gasteiger partial charge in [-0.2, -0.15) is 0 Å². The lowest BCUT2D eigenvalue weighted by Gasteiger charge is -2.35. The van der Waals surface area contributed by atoms with E-state index in [0.29, 0.717) is 18.3 Å². The normalized spacial score (nSPS) is 22.3. The van der Waals surface area contributed by atoms with Crippen molar-refractivity contribution in [1.82, 2.24) is 20.7 Å². The smallest absolute Gasteiger partial charge is 0.220 e. The molecule has 0 saturated carbocycles. The first-order valence-corrected chi connectivity index (χ1v) is 12.0.